The van der Waals surface area contributed by atoms with Crippen molar-refractivity contribution in [3.8, 4) is 17.2 Å². The zero-order valence-electron chi connectivity index (χ0n) is 83.5. The molecule has 0 spiro atoms. The van der Waals surface area contributed by atoms with E-state index in [0.29, 0.717) is 11.5 Å². The molecule has 14 heteroatoms. The number of phenolic OH excluding ortho intramolecular Hbond substituents is 2. The highest BCUT2D eigenvalue weighted by atomic mass is 31.2. The van der Waals surface area contributed by atoms with Gasteiger partial charge in [-0.05, 0) is 134 Å². The fraction of sp³-hybridized carbons (Fsp3) is 0.778. The molecule has 0 heterocycles. The number of ether oxygens (including phenoxy) is 1. The number of rotatable bonds is 57. The third-order valence-corrected chi connectivity index (χ3v) is 25.5. The van der Waals surface area contributed by atoms with Gasteiger partial charge >= 0.3 is 17.2 Å². The van der Waals surface area contributed by atoms with Gasteiger partial charge in [0.1, 0.15) is 23.4 Å². The Morgan fingerprint density at radius 1 is 0.287 bits per heavy atom. The number of benzene rings is 4. The van der Waals surface area contributed by atoms with Gasteiger partial charge in [-0.2, -0.15) is 0 Å². The van der Waals surface area contributed by atoms with E-state index in [1.165, 1.54) is 304 Å². The molecule has 4 aromatic carbocycles. The first-order chi connectivity index (χ1) is 57.3. The van der Waals surface area contributed by atoms with Crippen molar-refractivity contribution in [2.24, 2.45) is 5.41 Å². The van der Waals surface area contributed by atoms with Crippen LogP contribution in [0.25, 0.3) is 0 Å². The quantitative estimate of drug-likeness (QED) is 0.0146. The molecule has 1 unspecified atom stereocenters. The number of aliphatic hydroxyl groups excluding tert-OH is 3. The molecule has 0 saturated heterocycles. The van der Waals surface area contributed by atoms with Gasteiger partial charge in [-0.15, -0.1) is 0 Å². The summed E-state index contributed by atoms with van der Waals surface area (Å²) < 4.78 is 7.44. The first kappa shape index (κ1) is 117. The van der Waals surface area contributed by atoms with Crippen molar-refractivity contribution >= 4 is 17.2 Å². The Labute approximate surface area is 754 Å². The maximum atomic E-state index is 13.1. The van der Waals surface area contributed by atoms with Crippen molar-refractivity contribution in [1.29, 1.82) is 0 Å². The number of aliphatic hydroxyl groups is 3. The zero-order valence-corrected chi connectivity index (χ0v) is 85.3. The van der Waals surface area contributed by atoms with Gasteiger partial charge in [0.2, 0.25) is 0 Å². The average Bonchev–Trinajstić information content (AvgIpc) is 0.736. The number of aromatic hydroxyl groups is 2. The molecule has 12 nitrogen and oxygen atoms in total. The van der Waals surface area contributed by atoms with Crippen LogP contribution in [0.15, 0.2) is 48.5 Å². The molecule has 0 bridgehead atoms. The Morgan fingerprint density at radius 2 is 0.516 bits per heavy atom. The minimum Gasteiger partial charge on any atom is -0.508 e. The number of unbranched alkanes of at least 4 members (excludes halogenated alkanes) is 40. The van der Waals surface area contributed by atoms with E-state index < -0.39 is 54.0 Å². The van der Waals surface area contributed by atoms with E-state index >= 15 is 0 Å². The van der Waals surface area contributed by atoms with Crippen LogP contribution in [0, 0.1) is 5.41 Å². The van der Waals surface area contributed by atoms with Crippen LogP contribution in [0.5, 0.6) is 17.2 Å². The number of hydrogen-bond acceptors (Lipinski definition) is 12. The fourth-order valence-corrected chi connectivity index (χ4v) is 17.7. The van der Waals surface area contributed by atoms with Crippen molar-refractivity contribution in [2.75, 3.05) is 19.8 Å². The summed E-state index contributed by atoms with van der Waals surface area (Å²) in [5, 5.41) is 57.7. The van der Waals surface area contributed by atoms with Crippen LogP contribution >= 0.6 is 17.2 Å². The molecule has 1 atom stereocenters. The minimum absolute atomic E-state index is 0.0788. The van der Waals surface area contributed by atoms with Gasteiger partial charge in [0.15, 0.2) is 0 Å². The lowest BCUT2D eigenvalue weighted by atomic mass is 9.67. The van der Waals surface area contributed by atoms with E-state index in [0.717, 1.165) is 76.8 Å². The van der Waals surface area contributed by atoms with Crippen molar-refractivity contribution in [3.63, 3.8) is 0 Å². The standard InChI is InChI=1S/C67H120O2.C41H68O4.2H3O3P/c1-7-11-15-19-23-27-31-35-39-43-47-53-59-60(54-48-44-40-36-32-28-24-20-16-12-8-2)62(56-50-46-42-38-34-30-26-22-18-14-10-4)66(69)65(67(5,6)63-57-51-52-58-64(63)68)61(59)55-49-45-41-37-33-29-25-21-17-13-9-3;1-35(2,3)26-19-28(37(7,8)9)32(29(20-26)38(10,11)12)34(41(23-42,24-43)25-44)45-33-30(39(13,14)15)21-27(36(4,5)6)22-31(33)40(16,17)18;2*1-4(2)3/h51-52,57-58,68-69H,7-50,53-56H2,1-6H3;19-22,34,42-44H,23-25H2,1-18H3;2*1-3H. The molecule has 0 amide bonds. The smallest absolute Gasteiger partial charge is 0.324 e. The first-order valence-electron chi connectivity index (χ1n) is 49.6. The maximum Gasteiger partial charge on any atom is 0.324 e. The second kappa shape index (κ2) is 61.4. The Bertz CT molecular complexity index is 3250. The minimum atomic E-state index is -2.62. The molecule has 122 heavy (non-hydrogen) atoms. The van der Waals surface area contributed by atoms with Crippen LogP contribution in [-0.4, -0.2) is 74.7 Å². The van der Waals surface area contributed by atoms with Crippen LogP contribution in [-0.2, 0) is 63.6 Å². The summed E-state index contributed by atoms with van der Waals surface area (Å²) in [6.07, 6.45) is 63.0. The normalized spacial score (nSPS) is 12.8. The van der Waals surface area contributed by atoms with E-state index in [1.54, 1.807) is 5.56 Å². The Hall–Kier alpha value is -3.22. The zero-order chi connectivity index (χ0) is 92.4. The predicted molar refractivity (Wildman–Crippen MR) is 528 cm³/mol. The van der Waals surface area contributed by atoms with E-state index in [-0.39, 0.29) is 32.5 Å². The van der Waals surface area contributed by atoms with Crippen molar-refractivity contribution in [1.82, 2.24) is 0 Å². The molecule has 708 valence electrons. The molecular formula is C108H194O12P2. The van der Waals surface area contributed by atoms with Gasteiger partial charge in [-0.1, -0.05) is 465 Å². The molecule has 0 radical (unpaired) electrons. The fourth-order valence-electron chi connectivity index (χ4n) is 17.7. The summed E-state index contributed by atoms with van der Waals surface area (Å²) in [4.78, 5) is 43.4. The molecular weight excluding hydrogens is 1550 g/mol. The summed E-state index contributed by atoms with van der Waals surface area (Å²) in [6.45, 7) is 52.4. The van der Waals surface area contributed by atoms with Gasteiger partial charge in [0.25, 0.3) is 0 Å². The van der Waals surface area contributed by atoms with Crippen LogP contribution in [0.1, 0.15) is 527 Å². The Kier molecular flexibility index (Phi) is 58.7. The third-order valence-electron chi connectivity index (χ3n) is 25.5. The van der Waals surface area contributed by atoms with Crippen LogP contribution in [0.3, 0.4) is 0 Å². The van der Waals surface area contributed by atoms with Gasteiger partial charge < -0.3 is 59.6 Å². The van der Waals surface area contributed by atoms with Crippen molar-refractivity contribution in [3.05, 3.63) is 121 Å². The van der Waals surface area contributed by atoms with Crippen LogP contribution < -0.4 is 4.74 Å². The summed E-state index contributed by atoms with van der Waals surface area (Å²) in [6, 6.07) is 17.1. The molecule has 11 N–H and O–H groups in total. The number of phenols is 2. The molecule has 0 aromatic heterocycles. The summed E-state index contributed by atoms with van der Waals surface area (Å²) >= 11 is 0. The molecule has 0 fully saturated rings. The highest BCUT2D eigenvalue weighted by Gasteiger charge is 2.47. The van der Waals surface area contributed by atoms with E-state index in [4.69, 9.17) is 34.1 Å². The summed E-state index contributed by atoms with van der Waals surface area (Å²) in [5.41, 5.74) is 12.6. The first-order valence-corrected chi connectivity index (χ1v) is 52.0. The maximum absolute atomic E-state index is 13.1. The number of hydrogen-bond donors (Lipinski definition) is 11. The molecule has 0 aliphatic heterocycles. The highest BCUT2D eigenvalue weighted by Crippen LogP contribution is 2.53. The largest absolute Gasteiger partial charge is 0.508 e. The lowest BCUT2D eigenvalue weighted by Crippen LogP contribution is -2.45. The molecule has 0 aliphatic carbocycles. The topological polar surface area (TPSA) is 232 Å². The molecule has 0 saturated carbocycles. The van der Waals surface area contributed by atoms with Gasteiger partial charge in [0.05, 0.1) is 25.2 Å². The van der Waals surface area contributed by atoms with Crippen molar-refractivity contribution < 1.29 is 59.6 Å². The van der Waals surface area contributed by atoms with Gasteiger partial charge in [0, 0.05) is 33.2 Å². The summed E-state index contributed by atoms with van der Waals surface area (Å²) in [7, 11) is -5.24. The average molecular weight is 1750 g/mol. The second-order valence-corrected chi connectivity index (χ2v) is 44.3. The van der Waals surface area contributed by atoms with E-state index in [2.05, 4.69) is 203 Å². The molecule has 4 rings (SSSR count). The SMILES string of the molecule is CC(C)(C)c1cc(C(C)(C)C)c(OC(c2c(C(C)(C)C)cc(C(C)(C)C)cc2C(C)(C)C)C(CO)(CO)CO)c(C(C)(C)C)c1.CCCCCCCCCCCCCc1c(O)c(C(C)(C)c2ccccc2O)c(CCCCCCCCCCCCC)c(CCCCCCCCCCCCC)c1CCCCCCCCCCCCC.OP(O)O.OP(O)O. The predicted octanol–water partition coefficient (Wildman–Crippen LogP) is 30.8. The summed E-state index contributed by atoms with van der Waals surface area (Å²) in [5.74, 6) is 1.70. The Morgan fingerprint density at radius 3 is 0.762 bits per heavy atom. The lowest BCUT2D eigenvalue weighted by molar-refractivity contribution is -0.0761. The molecule has 4 aromatic rings. The highest BCUT2D eigenvalue weighted by molar-refractivity contribution is 7.38. The number of para-hydroxylation sites is 1. The van der Waals surface area contributed by atoms with E-state index in [9.17, 15) is 25.5 Å². The van der Waals surface area contributed by atoms with Crippen LogP contribution in [0.4, 0.5) is 0 Å². The van der Waals surface area contributed by atoms with Crippen molar-refractivity contribution in [2.45, 2.75) is 518 Å². The molecule has 0 aliphatic rings. The Balaban J connectivity index is 0.00000120. The lowest BCUT2D eigenvalue weighted by Gasteiger charge is -2.44. The monoisotopic (exact) mass is 1750 g/mol. The van der Waals surface area contributed by atoms with Gasteiger partial charge in [-0.3, -0.25) is 0 Å². The van der Waals surface area contributed by atoms with E-state index in [1.807, 2.05) is 12.1 Å². The van der Waals surface area contributed by atoms with Crippen LogP contribution in [0.2, 0.25) is 0 Å². The third kappa shape index (κ3) is 44.9. The van der Waals surface area contributed by atoms with Gasteiger partial charge in [-0.25, -0.2) is 0 Å². The second-order valence-electron chi connectivity index (χ2n) is 43.2.